The molecular formula is C21H21F3N4. The van der Waals surface area contributed by atoms with E-state index in [1.165, 1.54) is 6.07 Å². The minimum Gasteiger partial charge on any atom is -0.383 e. The van der Waals surface area contributed by atoms with Crippen molar-refractivity contribution in [2.24, 2.45) is 0 Å². The maximum atomic E-state index is 12.8. The maximum Gasteiger partial charge on any atom is 0.416 e. The van der Waals surface area contributed by atoms with Crippen LogP contribution in [0.25, 0.3) is 0 Å². The Hall–Kier alpha value is -3.09. The Morgan fingerprint density at radius 2 is 1.82 bits per heavy atom. The van der Waals surface area contributed by atoms with Gasteiger partial charge in [-0.3, -0.25) is 0 Å². The molecule has 3 aromatic rings. The lowest BCUT2D eigenvalue weighted by molar-refractivity contribution is -0.137. The highest BCUT2D eigenvalue weighted by Crippen LogP contribution is 2.30. The van der Waals surface area contributed by atoms with Gasteiger partial charge in [0.1, 0.15) is 5.82 Å². The van der Waals surface area contributed by atoms with E-state index in [1.54, 1.807) is 12.3 Å². The first-order valence-corrected chi connectivity index (χ1v) is 8.92. The summed E-state index contributed by atoms with van der Waals surface area (Å²) in [4.78, 5) is 8.58. The quantitative estimate of drug-likeness (QED) is 0.634. The van der Waals surface area contributed by atoms with Crippen molar-refractivity contribution >= 4 is 11.8 Å². The SMILES string of the molecule is CC(c1ccccc1)c1cnc(NCCc2cccc(C(F)(F)F)c2)nc1N. The van der Waals surface area contributed by atoms with Crippen LogP contribution in [0.3, 0.4) is 0 Å². The van der Waals surface area contributed by atoms with Crippen molar-refractivity contribution in [1.29, 1.82) is 0 Å². The molecule has 1 aromatic heterocycles. The van der Waals surface area contributed by atoms with E-state index in [-0.39, 0.29) is 5.92 Å². The molecule has 1 heterocycles. The summed E-state index contributed by atoms with van der Waals surface area (Å²) in [6, 6.07) is 15.2. The van der Waals surface area contributed by atoms with Crippen molar-refractivity contribution < 1.29 is 13.2 Å². The first-order valence-electron chi connectivity index (χ1n) is 8.92. The van der Waals surface area contributed by atoms with Crippen LogP contribution in [0.2, 0.25) is 0 Å². The van der Waals surface area contributed by atoms with Crippen LogP contribution < -0.4 is 11.1 Å². The molecule has 0 saturated carbocycles. The molecule has 3 N–H and O–H groups in total. The topological polar surface area (TPSA) is 63.8 Å². The Morgan fingerprint density at radius 1 is 1.07 bits per heavy atom. The van der Waals surface area contributed by atoms with Crippen molar-refractivity contribution in [3.05, 3.63) is 83.0 Å². The first-order chi connectivity index (χ1) is 13.3. The van der Waals surface area contributed by atoms with Crippen LogP contribution in [0.5, 0.6) is 0 Å². The second-order valence-electron chi connectivity index (χ2n) is 6.54. The van der Waals surface area contributed by atoms with Gasteiger partial charge in [0.2, 0.25) is 5.95 Å². The van der Waals surface area contributed by atoms with Gasteiger partial charge in [0, 0.05) is 24.2 Å². The van der Waals surface area contributed by atoms with Crippen LogP contribution in [0.4, 0.5) is 24.9 Å². The molecule has 28 heavy (non-hydrogen) atoms. The fraction of sp³-hybridized carbons (Fsp3) is 0.238. The summed E-state index contributed by atoms with van der Waals surface area (Å²) in [6.45, 7) is 2.43. The van der Waals surface area contributed by atoms with Gasteiger partial charge in [-0.2, -0.15) is 18.2 Å². The number of nitrogens with two attached hydrogens (primary N) is 1. The lowest BCUT2D eigenvalue weighted by Crippen LogP contribution is -2.12. The minimum atomic E-state index is -4.34. The summed E-state index contributed by atoms with van der Waals surface area (Å²) >= 11 is 0. The largest absolute Gasteiger partial charge is 0.416 e. The summed E-state index contributed by atoms with van der Waals surface area (Å²) < 4.78 is 38.3. The number of rotatable bonds is 6. The molecule has 146 valence electrons. The normalized spacial score (nSPS) is 12.6. The highest BCUT2D eigenvalue weighted by molar-refractivity contribution is 5.48. The predicted molar refractivity (Wildman–Crippen MR) is 104 cm³/mol. The number of halogens is 3. The molecule has 0 aliphatic carbocycles. The standard InChI is InChI=1S/C21H21F3N4/c1-14(16-7-3-2-4-8-16)18-13-27-20(28-19(18)25)26-11-10-15-6-5-9-17(12-15)21(22,23)24/h2-9,12-14H,10-11H2,1H3,(H3,25,26,27,28). The molecule has 0 spiro atoms. The monoisotopic (exact) mass is 386 g/mol. The number of anilines is 2. The summed E-state index contributed by atoms with van der Waals surface area (Å²) in [7, 11) is 0. The summed E-state index contributed by atoms with van der Waals surface area (Å²) in [5.41, 5.74) is 7.98. The van der Waals surface area contributed by atoms with Gasteiger partial charge in [0.25, 0.3) is 0 Å². The van der Waals surface area contributed by atoms with Gasteiger partial charge in [-0.05, 0) is 23.6 Å². The number of hydrogen-bond acceptors (Lipinski definition) is 4. The molecule has 4 nitrogen and oxygen atoms in total. The molecule has 0 aliphatic heterocycles. The van der Waals surface area contributed by atoms with E-state index in [9.17, 15) is 13.2 Å². The molecule has 0 aliphatic rings. The fourth-order valence-corrected chi connectivity index (χ4v) is 2.97. The predicted octanol–water partition coefficient (Wildman–Crippen LogP) is 4.88. The van der Waals surface area contributed by atoms with Crippen molar-refractivity contribution in [2.45, 2.75) is 25.4 Å². The Bertz CT molecular complexity index is 926. The van der Waals surface area contributed by atoms with Crippen molar-refractivity contribution in [1.82, 2.24) is 9.97 Å². The highest BCUT2D eigenvalue weighted by Gasteiger charge is 2.30. The Labute approximate surface area is 161 Å². The molecule has 3 rings (SSSR count). The fourth-order valence-electron chi connectivity index (χ4n) is 2.97. The van der Waals surface area contributed by atoms with Crippen molar-refractivity contribution in [3.8, 4) is 0 Å². The lowest BCUT2D eigenvalue weighted by Gasteiger charge is -2.15. The molecule has 7 heteroatoms. The van der Waals surface area contributed by atoms with Crippen LogP contribution in [-0.4, -0.2) is 16.5 Å². The molecule has 0 amide bonds. The van der Waals surface area contributed by atoms with Gasteiger partial charge in [-0.25, -0.2) is 4.98 Å². The van der Waals surface area contributed by atoms with E-state index < -0.39 is 11.7 Å². The van der Waals surface area contributed by atoms with Gasteiger partial charge >= 0.3 is 6.18 Å². The Balaban J connectivity index is 1.62. The smallest absolute Gasteiger partial charge is 0.383 e. The van der Waals surface area contributed by atoms with Gasteiger partial charge in [0.05, 0.1) is 5.56 Å². The molecular weight excluding hydrogens is 365 g/mol. The van der Waals surface area contributed by atoms with Crippen LogP contribution in [0.1, 0.15) is 35.1 Å². The van der Waals surface area contributed by atoms with E-state index in [4.69, 9.17) is 5.73 Å². The van der Waals surface area contributed by atoms with Crippen LogP contribution in [0, 0.1) is 0 Å². The Morgan fingerprint density at radius 3 is 2.50 bits per heavy atom. The van der Waals surface area contributed by atoms with E-state index >= 15 is 0 Å². The number of nitrogens with zero attached hydrogens (tertiary/aromatic N) is 2. The summed E-state index contributed by atoms with van der Waals surface area (Å²) in [5.74, 6) is 0.793. The zero-order chi connectivity index (χ0) is 20.1. The van der Waals surface area contributed by atoms with Crippen LogP contribution in [-0.2, 0) is 12.6 Å². The van der Waals surface area contributed by atoms with Gasteiger partial charge in [-0.15, -0.1) is 0 Å². The van der Waals surface area contributed by atoms with Gasteiger partial charge < -0.3 is 11.1 Å². The average molecular weight is 386 g/mol. The van der Waals surface area contributed by atoms with E-state index in [1.807, 2.05) is 37.3 Å². The number of benzene rings is 2. The van der Waals surface area contributed by atoms with Crippen molar-refractivity contribution in [3.63, 3.8) is 0 Å². The molecule has 0 fully saturated rings. The van der Waals surface area contributed by atoms with Crippen molar-refractivity contribution in [2.75, 3.05) is 17.6 Å². The average Bonchev–Trinajstić information content (AvgIpc) is 2.68. The maximum absolute atomic E-state index is 12.8. The van der Waals surface area contributed by atoms with Crippen LogP contribution in [0.15, 0.2) is 60.8 Å². The number of aromatic nitrogens is 2. The second-order valence-corrected chi connectivity index (χ2v) is 6.54. The van der Waals surface area contributed by atoms with Crippen LogP contribution >= 0.6 is 0 Å². The molecule has 0 saturated heterocycles. The van der Waals surface area contributed by atoms with E-state index in [0.29, 0.717) is 30.3 Å². The zero-order valence-electron chi connectivity index (χ0n) is 15.4. The highest BCUT2D eigenvalue weighted by atomic mass is 19.4. The molecule has 0 radical (unpaired) electrons. The zero-order valence-corrected chi connectivity index (χ0v) is 15.4. The second kappa shape index (κ2) is 8.29. The molecule has 0 bridgehead atoms. The number of alkyl halides is 3. The Kier molecular flexibility index (Phi) is 5.82. The van der Waals surface area contributed by atoms with E-state index in [0.717, 1.165) is 23.3 Å². The number of hydrogen-bond donors (Lipinski definition) is 2. The first kappa shape index (κ1) is 19.7. The molecule has 2 aromatic carbocycles. The lowest BCUT2D eigenvalue weighted by atomic mass is 9.95. The summed E-state index contributed by atoms with van der Waals surface area (Å²) in [5, 5.41) is 3.01. The number of nitrogens with one attached hydrogen (secondary N) is 1. The minimum absolute atomic E-state index is 0.0559. The number of nitrogen functional groups attached to an aromatic ring is 1. The molecule has 1 unspecified atom stereocenters. The molecule has 1 atom stereocenters. The third-order valence-corrected chi connectivity index (χ3v) is 4.57. The third kappa shape index (κ3) is 4.79. The van der Waals surface area contributed by atoms with Gasteiger partial charge in [-0.1, -0.05) is 55.5 Å². The van der Waals surface area contributed by atoms with Gasteiger partial charge in [0.15, 0.2) is 0 Å². The van der Waals surface area contributed by atoms with E-state index in [2.05, 4.69) is 15.3 Å². The third-order valence-electron chi connectivity index (χ3n) is 4.57. The summed E-state index contributed by atoms with van der Waals surface area (Å²) in [6.07, 6.45) is -2.24.